The van der Waals surface area contributed by atoms with Crippen molar-refractivity contribution >= 4 is 60.7 Å². The molecular weight excluding hydrogens is 1090 g/mol. The summed E-state index contributed by atoms with van der Waals surface area (Å²) in [7, 11) is 0. The average Bonchev–Trinajstić information content (AvgIpc) is 3.27. The second-order valence-corrected chi connectivity index (χ2v) is 27.1. The van der Waals surface area contributed by atoms with Crippen LogP contribution in [0.3, 0.4) is 0 Å². The predicted octanol–water partition coefficient (Wildman–Crippen LogP) is 11.8. The molecule has 70 heavy (non-hydrogen) atoms. The molecule has 6 rings (SSSR count). The van der Waals surface area contributed by atoms with Crippen molar-refractivity contribution < 1.29 is 51.0 Å². The molecule has 0 bridgehead atoms. The first-order valence-electron chi connectivity index (χ1n) is 24.4. The summed E-state index contributed by atoms with van der Waals surface area (Å²) >= 11 is -5.17. The number of rotatable bonds is 16. The van der Waals surface area contributed by atoms with Gasteiger partial charge in [-0.15, -0.1) is 0 Å². The van der Waals surface area contributed by atoms with Crippen molar-refractivity contribution in [2.45, 2.75) is 146 Å². The molecule has 0 heterocycles. The zero-order valence-corrected chi connectivity index (χ0v) is 46.2. The number of halogens is 2. The van der Waals surface area contributed by atoms with Gasteiger partial charge in [0.2, 0.25) is 0 Å². The van der Waals surface area contributed by atoms with Gasteiger partial charge < -0.3 is 10.2 Å². The standard InChI is InChI=1S/C25H29FO2.C15H17FO2.C11H15.3C2H4O2.Pb/c1-4-20-13-16(2)12-17(3)24(20)25-22(27)14-19(15-23(25)28)7-5-6-18-8-10-21(26)11-9-18;16-13-6-4-11(5-7-13)2-1-3-12-8-14(17)10-15(18)9-12;1-4-10-6-9(3)7-11(5-2)8-10;3*1-2(3)4;/h8-13,19,27H,4-7,14-15H2,1-3H3;4-7,10,12,17H,1-3,8-9H2;6-7H,4-5H2,1-3H3;3*1H3,(H,3,4);/q;;;;;;+3/p-3. The predicted molar refractivity (Wildman–Crippen MR) is 270 cm³/mol. The van der Waals surface area contributed by atoms with E-state index in [9.17, 15) is 43.0 Å². The van der Waals surface area contributed by atoms with Gasteiger partial charge in [-0.05, 0) is 123 Å². The smallest absolute Gasteiger partial charge is 0.159 e. The first-order valence-corrected chi connectivity index (χ1v) is 31.1. The Hall–Kier alpha value is -5.51. The largest absolute Gasteiger partial charge is 0.512 e. The maximum Gasteiger partial charge on any atom is 0.159 e. The van der Waals surface area contributed by atoms with Crippen molar-refractivity contribution in [3.63, 3.8) is 0 Å². The van der Waals surface area contributed by atoms with Crippen molar-refractivity contribution in [2.75, 3.05) is 0 Å². The molecule has 0 saturated carbocycles. The van der Waals surface area contributed by atoms with E-state index in [-0.39, 0.29) is 46.6 Å². The van der Waals surface area contributed by atoms with Crippen LogP contribution in [0.2, 0.25) is 0 Å². The first-order chi connectivity index (χ1) is 33.2. The second-order valence-electron chi connectivity index (χ2n) is 18.4. The van der Waals surface area contributed by atoms with Crippen LogP contribution in [0.4, 0.5) is 8.78 Å². The zero-order chi connectivity index (χ0) is 51.7. The van der Waals surface area contributed by atoms with Crippen LogP contribution in [0.5, 0.6) is 0 Å². The van der Waals surface area contributed by atoms with E-state index in [1.807, 2.05) is 52.0 Å². The Morgan fingerprint density at radius 2 is 1.04 bits per heavy atom. The topological polar surface area (TPSA) is 154 Å². The van der Waals surface area contributed by atoms with Gasteiger partial charge >= 0.3 is 149 Å². The summed E-state index contributed by atoms with van der Waals surface area (Å²) in [6.07, 6.45) is 11.0. The van der Waals surface area contributed by atoms with E-state index in [0.29, 0.717) is 47.2 Å². The number of aliphatic hydroxyl groups excluding tert-OH is 2. The number of Topliss-reactive ketones (excluding diaryl/α,β-unsaturated/α-hetero) is 1. The fourth-order valence-corrected chi connectivity index (χ4v) is 20.6. The van der Waals surface area contributed by atoms with Gasteiger partial charge in [0.1, 0.15) is 17.4 Å². The van der Waals surface area contributed by atoms with Crippen molar-refractivity contribution in [1.82, 2.24) is 0 Å². The van der Waals surface area contributed by atoms with E-state index in [4.69, 9.17) is 8.06 Å². The number of ketones is 2. The Kier molecular flexibility index (Phi) is 22.2. The minimum Gasteiger partial charge on any atom is -0.512 e. The van der Waals surface area contributed by atoms with Gasteiger partial charge in [0, 0.05) is 31.8 Å². The third-order valence-corrected chi connectivity index (χ3v) is 23.7. The van der Waals surface area contributed by atoms with E-state index in [1.165, 1.54) is 56.7 Å². The van der Waals surface area contributed by atoms with Crippen molar-refractivity contribution in [3.8, 4) is 0 Å². The molecule has 0 aromatic heterocycles. The molecule has 10 nitrogen and oxygen atoms in total. The molecule has 0 amide bonds. The Bertz CT molecular complexity index is 2480. The number of hydrogen-bond donors (Lipinski definition) is 2. The molecule has 0 fully saturated rings. The van der Waals surface area contributed by atoms with Gasteiger partial charge in [-0.25, -0.2) is 8.78 Å². The van der Waals surface area contributed by atoms with Gasteiger partial charge in [-0.2, -0.15) is 0 Å². The number of carbonyl (C=O) groups excluding carboxylic acids is 5. The van der Waals surface area contributed by atoms with Crippen LogP contribution in [0.25, 0.3) is 5.57 Å². The molecular formula is C57H70F2O10Pb. The fourth-order valence-electron chi connectivity index (χ4n) is 9.48. The molecule has 2 N–H and O–H groups in total. The van der Waals surface area contributed by atoms with Crippen LogP contribution in [0.1, 0.15) is 143 Å². The molecule has 0 radical (unpaired) electrons. The van der Waals surface area contributed by atoms with Crippen LogP contribution >= 0.6 is 0 Å². The maximum absolute atomic E-state index is 13.0. The fraction of sp³-hybridized carbons (Fsp3) is 0.421. The van der Waals surface area contributed by atoms with Crippen LogP contribution < -0.4 is 3.12 Å². The van der Waals surface area contributed by atoms with E-state index < -0.39 is 40.4 Å². The second kappa shape index (κ2) is 27.2. The summed E-state index contributed by atoms with van der Waals surface area (Å²) in [4.78, 5) is 59.3. The molecule has 0 spiro atoms. The Morgan fingerprint density at radius 3 is 1.46 bits per heavy atom. The molecule has 2 aliphatic carbocycles. The summed E-state index contributed by atoms with van der Waals surface area (Å²) in [5.74, 6) is -1.40. The summed E-state index contributed by atoms with van der Waals surface area (Å²) in [5, 5.41) is 20.1. The number of allylic oxidation sites excluding steroid dienone is 4. The van der Waals surface area contributed by atoms with Crippen LogP contribution in [0.15, 0.2) is 90.4 Å². The third kappa shape index (κ3) is 17.1. The van der Waals surface area contributed by atoms with Gasteiger partial charge in [-0.1, -0.05) is 48.9 Å². The Balaban J connectivity index is 0.000000234. The van der Waals surface area contributed by atoms with Crippen molar-refractivity contribution in [2.24, 2.45) is 11.8 Å². The van der Waals surface area contributed by atoms with E-state index >= 15 is 0 Å². The Labute approximate surface area is 419 Å². The van der Waals surface area contributed by atoms with Crippen molar-refractivity contribution in [3.05, 3.63) is 152 Å². The number of carbonyl (C=O) groups is 5. The molecule has 13 heteroatoms. The maximum atomic E-state index is 13.0. The summed E-state index contributed by atoms with van der Waals surface area (Å²) in [6, 6.07) is 21.2. The molecule has 2 aliphatic rings. The van der Waals surface area contributed by atoms with Gasteiger partial charge in [-0.3, -0.25) is 9.59 Å². The van der Waals surface area contributed by atoms with Crippen LogP contribution in [0, 0.1) is 44.2 Å². The van der Waals surface area contributed by atoms with E-state index in [1.54, 1.807) is 12.1 Å². The minimum absolute atomic E-state index is 0.0190. The molecule has 4 aromatic rings. The quantitative estimate of drug-likeness (QED) is 0.104. The number of hydrogen-bond acceptors (Lipinski definition) is 10. The molecule has 2 unspecified atom stereocenters. The van der Waals surface area contributed by atoms with Gasteiger partial charge in [0.25, 0.3) is 0 Å². The number of aliphatic hydroxyl groups is 2. The van der Waals surface area contributed by atoms with Crippen LogP contribution in [-0.2, 0) is 64.1 Å². The monoisotopic (exact) mass is 1160 g/mol. The summed E-state index contributed by atoms with van der Waals surface area (Å²) in [5.41, 5.74) is 9.83. The minimum atomic E-state index is -5.17. The van der Waals surface area contributed by atoms with E-state index in [2.05, 4.69) is 26.0 Å². The Morgan fingerprint density at radius 1 is 0.614 bits per heavy atom. The number of benzene rings is 4. The molecule has 0 aliphatic heterocycles. The molecule has 0 saturated heterocycles. The first kappa shape index (κ1) is 57.1. The number of aryl methyl sites for hydroxylation is 8. The normalized spacial score (nSPS) is 15.7. The summed E-state index contributed by atoms with van der Waals surface area (Å²) in [6.45, 7) is 15.7. The van der Waals surface area contributed by atoms with Gasteiger partial charge in [0.05, 0.1) is 11.3 Å². The molecule has 376 valence electrons. The summed E-state index contributed by atoms with van der Waals surface area (Å²) < 4.78 is 42.7. The molecule has 2 atom stereocenters. The average molecular weight is 1160 g/mol. The van der Waals surface area contributed by atoms with Gasteiger partial charge in [0.15, 0.2) is 11.6 Å². The third-order valence-electron chi connectivity index (χ3n) is 12.4. The zero-order valence-electron chi connectivity index (χ0n) is 42.3. The van der Waals surface area contributed by atoms with Crippen LogP contribution in [-0.4, -0.2) is 62.2 Å². The van der Waals surface area contributed by atoms with E-state index in [0.717, 1.165) is 89.5 Å². The van der Waals surface area contributed by atoms with Crippen molar-refractivity contribution in [1.29, 1.82) is 0 Å². The SMILES string of the molecule is CCc1cc(C)cc(C)c1C1=C(O)CC(CCCc2ccc(F)cc2)CC1=O.CCc1cc(C)cc(CC)[c]1[Pb]([O]C(C)=O)([O]C(C)=O)[O]C(C)=O.O=C1C=C(O)CC(CCCc2ccc(F)cc2)C1. The molecule has 4 aromatic carbocycles.